The van der Waals surface area contributed by atoms with E-state index in [0.717, 1.165) is 11.1 Å². The maximum absolute atomic E-state index is 11.6. The standard InChI is InChI=1S/C23H21N3O4/c1-3-29-21(27)14-30-19-10-9-16(11-20(19)28-2)22-17(12-24)23(25)26-13-18(22)15-7-5-4-6-8-15/h4-11,13H,3,14H2,1-2H3,(H2,25,26). The summed E-state index contributed by atoms with van der Waals surface area (Å²) in [5.74, 6) is 0.476. The number of carbonyl (C=O) groups excluding carboxylic acids is 1. The van der Waals surface area contributed by atoms with E-state index in [1.54, 1.807) is 31.3 Å². The number of nitriles is 1. The number of esters is 1. The van der Waals surface area contributed by atoms with Crippen molar-refractivity contribution < 1.29 is 19.0 Å². The third kappa shape index (κ3) is 4.33. The van der Waals surface area contributed by atoms with Crippen LogP contribution in [0.5, 0.6) is 11.5 Å². The Bertz CT molecular complexity index is 1090. The van der Waals surface area contributed by atoms with Crippen molar-refractivity contribution in [2.45, 2.75) is 6.92 Å². The molecule has 30 heavy (non-hydrogen) atoms. The molecule has 2 N–H and O–H groups in total. The summed E-state index contributed by atoms with van der Waals surface area (Å²) in [5, 5.41) is 9.73. The van der Waals surface area contributed by atoms with Crippen molar-refractivity contribution in [3.8, 4) is 39.8 Å². The van der Waals surface area contributed by atoms with E-state index in [-0.39, 0.29) is 24.6 Å². The summed E-state index contributed by atoms with van der Waals surface area (Å²) in [7, 11) is 1.50. The van der Waals surface area contributed by atoms with Gasteiger partial charge in [0.25, 0.3) is 0 Å². The number of methoxy groups -OCH3 is 1. The zero-order valence-corrected chi connectivity index (χ0v) is 16.7. The molecule has 0 fully saturated rings. The van der Waals surface area contributed by atoms with Gasteiger partial charge in [0.05, 0.1) is 13.7 Å². The molecule has 0 aliphatic heterocycles. The summed E-state index contributed by atoms with van der Waals surface area (Å²) < 4.78 is 15.8. The first-order chi connectivity index (χ1) is 14.6. The highest BCUT2D eigenvalue weighted by atomic mass is 16.6. The number of ether oxygens (including phenoxy) is 3. The SMILES string of the molecule is CCOC(=O)COc1ccc(-c2c(-c3ccccc3)cnc(N)c2C#N)cc1OC. The summed E-state index contributed by atoms with van der Waals surface area (Å²) in [6.07, 6.45) is 1.65. The second kappa shape index (κ2) is 9.43. The van der Waals surface area contributed by atoms with Crippen LogP contribution in [0.25, 0.3) is 22.3 Å². The molecule has 0 amide bonds. The summed E-state index contributed by atoms with van der Waals surface area (Å²) >= 11 is 0. The topological polar surface area (TPSA) is 107 Å². The number of nitrogens with two attached hydrogens (primary N) is 1. The number of hydrogen-bond donors (Lipinski definition) is 1. The van der Waals surface area contributed by atoms with Gasteiger partial charge in [-0.1, -0.05) is 36.4 Å². The van der Waals surface area contributed by atoms with Gasteiger partial charge in [0.1, 0.15) is 17.5 Å². The van der Waals surface area contributed by atoms with Crippen molar-refractivity contribution in [1.29, 1.82) is 5.26 Å². The average molecular weight is 403 g/mol. The van der Waals surface area contributed by atoms with Crippen LogP contribution in [0.1, 0.15) is 12.5 Å². The molecule has 3 rings (SSSR count). The van der Waals surface area contributed by atoms with Gasteiger partial charge in [-0.2, -0.15) is 5.26 Å². The van der Waals surface area contributed by atoms with E-state index in [1.165, 1.54) is 7.11 Å². The van der Waals surface area contributed by atoms with Crippen LogP contribution in [-0.4, -0.2) is 31.3 Å². The number of benzene rings is 2. The fraction of sp³-hybridized carbons (Fsp3) is 0.174. The van der Waals surface area contributed by atoms with Crippen LogP contribution in [0.4, 0.5) is 5.82 Å². The Labute approximate surface area is 174 Å². The highest BCUT2D eigenvalue weighted by Crippen LogP contribution is 2.40. The first-order valence-corrected chi connectivity index (χ1v) is 9.29. The fourth-order valence-electron chi connectivity index (χ4n) is 3.06. The van der Waals surface area contributed by atoms with E-state index in [2.05, 4.69) is 11.1 Å². The molecule has 0 bridgehead atoms. The predicted octanol–water partition coefficient (Wildman–Crippen LogP) is 3.82. The molecule has 0 unspecified atom stereocenters. The van der Waals surface area contributed by atoms with E-state index < -0.39 is 5.97 Å². The maximum Gasteiger partial charge on any atom is 0.344 e. The Kier molecular flexibility index (Phi) is 6.50. The highest BCUT2D eigenvalue weighted by Gasteiger charge is 2.18. The van der Waals surface area contributed by atoms with Crippen LogP contribution < -0.4 is 15.2 Å². The first kappa shape index (κ1) is 20.7. The van der Waals surface area contributed by atoms with Crippen molar-refractivity contribution >= 4 is 11.8 Å². The van der Waals surface area contributed by atoms with Gasteiger partial charge in [0, 0.05) is 17.3 Å². The van der Waals surface area contributed by atoms with Crippen LogP contribution in [0.3, 0.4) is 0 Å². The molecule has 0 saturated carbocycles. The van der Waals surface area contributed by atoms with Gasteiger partial charge in [-0.25, -0.2) is 9.78 Å². The van der Waals surface area contributed by atoms with Gasteiger partial charge in [0.15, 0.2) is 18.1 Å². The molecule has 7 heteroatoms. The van der Waals surface area contributed by atoms with Gasteiger partial charge in [-0.3, -0.25) is 0 Å². The van der Waals surface area contributed by atoms with E-state index in [4.69, 9.17) is 19.9 Å². The van der Waals surface area contributed by atoms with Crippen LogP contribution in [0.2, 0.25) is 0 Å². The minimum absolute atomic E-state index is 0.147. The van der Waals surface area contributed by atoms with Crippen molar-refractivity contribution in [2.75, 3.05) is 26.1 Å². The molecule has 0 spiro atoms. The zero-order valence-electron chi connectivity index (χ0n) is 16.7. The molecule has 0 saturated heterocycles. The number of anilines is 1. The van der Waals surface area contributed by atoms with Gasteiger partial charge in [-0.15, -0.1) is 0 Å². The number of pyridine rings is 1. The molecule has 0 aliphatic carbocycles. The predicted molar refractivity (Wildman–Crippen MR) is 113 cm³/mol. The maximum atomic E-state index is 11.6. The number of nitrogen functional groups attached to an aromatic ring is 1. The summed E-state index contributed by atoms with van der Waals surface area (Å²) in [6.45, 7) is 1.77. The molecule has 7 nitrogen and oxygen atoms in total. The van der Waals surface area contributed by atoms with Gasteiger partial charge in [-0.05, 0) is 30.2 Å². The Morgan fingerprint density at radius 2 is 1.90 bits per heavy atom. The minimum atomic E-state index is -0.469. The lowest BCUT2D eigenvalue weighted by Gasteiger charge is -2.16. The lowest BCUT2D eigenvalue weighted by molar-refractivity contribution is -0.145. The van der Waals surface area contributed by atoms with Crippen LogP contribution in [-0.2, 0) is 9.53 Å². The number of rotatable bonds is 7. The second-order valence-corrected chi connectivity index (χ2v) is 6.24. The Hall–Kier alpha value is -4.05. The van der Waals surface area contributed by atoms with Gasteiger partial charge >= 0.3 is 5.97 Å². The molecule has 0 atom stereocenters. The van der Waals surface area contributed by atoms with Crippen LogP contribution >= 0.6 is 0 Å². The largest absolute Gasteiger partial charge is 0.493 e. The summed E-state index contributed by atoms with van der Waals surface area (Å²) in [5.41, 5.74) is 9.28. The molecule has 0 aliphatic rings. The van der Waals surface area contributed by atoms with E-state index in [1.807, 2.05) is 30.3 Å². The third-order valence-electron chi connectivity index (χ3n) is 4.41. The minimum Gasteiger partial charge on any atom is -0.493 e. The van der Waals surface area contributed by atoms with Crippen molar-refractivity contribution in [1.82, 2.24) is 4.98 Å². The molecule has 3 aromatic rings. The zero-order chi connectivity index (χ0) is 21.5. The average Bonchev–Trinajstić information content (AvgIpc) is 2.78. The van der Waals surface area contributed by atoms with E-state index in [9.17, 15) is 10.1 Å². The Balaban J connectivity index is 2.08. The highest BCUT2D eigenvalue weighted by molar-refractivity contribution is 5.90. The second-order valence-electron chi connectivity index (χ2n) is 6.24. The molecule has 152 valence electrons. The van der Waals surface area contributed by atoms with Crippen molar-refractivity contribution in [3.05, 3.63) is 60.3 Å². The van der Waals surface area contributed by atoms with E-state index in [0.29, 0.717) is 22.6 Å². The molecule has 0 radical (unpaired) electrons. The lowest BCUT2D eigenvalue weighted by atomic mass is 9.92. The fourth-order valence-corrected chi connectivity index (χ4v) is 3.06. The molecular weight excluding hydrogens is 382 g/mol. The monoisotopic (exact) mass is 403 g/mol. The number of nitrogens with zero attached hydrogens (tertiary/aromatic N) is 2. The van der Waals surface area contributed by atoms with Crippen LogP contribution in [0, 0.1) is 11.3 Å². The number of hydrogen-bond acceptors (Lipinski definition) is 7. The summed E-state index contributed by atoms with van der Waals surface area (Å²) in [4.78, 5) is 15.8. The Morgan fingerprint density at radius 3 is 2.57 bits per heavy atom. The number of aromatic nitrogens is 1. The molecule has 1 heterocycles. The molecule has 1 aromatic heterocycles. The smallest absolute Gasteiger partial charge is 0.344 e. The first-order valence-electron chi connectivity index (χ1n) is 9.29. The molecule has 2 aromatic carbocycles. The van der Waals surface area contributed by atoms with E-state index >= 15 is 0 Å². The lowest BCUT2D eigenvalue weighted by Crippen LogP contribution is -2.14. The van der Waals surface area contributed by atoms with Gasteiger partial charge < -0.3 is 19.9 Å². The normalized spacial score (nSPS) is 10.2. The molecular formula is C23H21N3O4. The quantitative estimate of drug-likeness (QED) is 0.598. The van der Waals surface area contributed by atoms with Crippen LogP contribution in [0.15, 0.2) is 54.7 Å². The van der Waals surface area contributed by atoms with Crippen molar-refractivity contribution in [3.63, 3.8) is 0 Å². The third-order valence-corrected chi connectivity index (χ3v) is 4.41. The summed E-state index contributed by atoms with van der Waals surface area (Å²) in [6, 6.07) is 17.0. The number of carbonyl (C=O) groups is 1. The van der Waals surface area contributed by atoms with Crippen molar-refractivity contribution in [2.24, 2.45) is 0 Å². The Morgan fingerprint density at radius 1 is 1.13 bits per heavy atom. The van der Waals surface area contributed by atoms with Gasteiger partial charge in [0.2, 0.25) is 0 Å².